The number of imidazole rings is 2. The second kappa shape index (κ2) is 14.6. The van der Waals surface area contributed by atoms with Crippen LogP contribution in [0.5, 0.6) is 0 Å². The fraction of sp³-hybridized carbons (Fsp3) is 0.371. The Morgan fingerprint density at radius 1 is 0.784 bits per heavy atom. The van der Waals surface area contributed by atoms with Gasteiger partial charge < -0.3 is 40.3 Å². The summed E-state index contributed by atoms with van der Waals surface area (Å²) in [5.74, 6) is -0.108. The van der Waals surface area contributed by atoms with Gasteiger partial charge in [0.25, 0.3) is 5.91 Å². The molecule has 4 amide bonds. The number of amides is 4. The van der Waals surface area contributed by atoms with Gasteiger partial charge >= 0.3 is 12.2 Å². The molecule has 0 bridgehead atoms. The van der Waals surface area contributed by atoms with Crippen molar-refractivity contribution in [2.75, 3.05) is 20.2 Å². The highest BCUT2D eigenvalue weighted by atomic mass is 19.1. The quantitative estimate of drug-likeness (QED) is 0.195. The number of nitrogens with two attached hydrogens (primary N) is 1. The van der Waals surface area contributed by atoms with Gasteiger partial charge in [-0.25, -0.2) is 28.3 Å². The first-order chi connectivity index (χ1) is 24.4. The van der Waals surface area contributed by atoms with Crippen LogP contribution in [0.2, 0.25) is 0 Å². The number of aromatic amines is 2. The molecule has 0 aliphatic carbocycles. The average Bonchev–Trinajstić information content (AvgIpc) is 3.94. The van der Waals surface area contributed by atoms with Crippen molar-refractivity contribution < 1.29 is 37.4 Å². The van der Waals surface area contributed by atoms with Gasteiger partial charge in [-0.1, -0.05) is 48.5 Å². The molecule has 51 heavy (non-hydrogen) atoms. The van der Waals surface area contributed by atoms with Crippen LogP contribution in [0.4, 0.5) is 18.4 Å². The zero-order valence-electron chi connectivity index (χ0n) is 28.1. The lowest BCUT2D eigenvalue weighted by atomic mass is 10.0. The molecule has 0 saturated carbocycles. The number of carbonyl (C=O) groups excluding carboxylic acids is 4. The Kier molecular flexibility index (Phi) is 10.0. The summed E-state index contributed by atoms with van der Waals surface area (Å²) < 4.78 is 38.3. The number of hydrogen-bond donors (Lipinski definition) is 4. The Bertz CT molecular complexity index is 1900. The largest absolute Gasteiger partial charge is 0.453 e. The molecule has 2 saturated heterocycles. The van der Waals surface area contributed by atoms with E-state index in [9.17, 15) is 28.0 Å². The minimum atomic E-state index is -1.25. The average molecular weight is 705 g/mol. The molecule has 16 heteroatoms. The third-order valence-electron chi connectivity index (χ3n) is 9.14. The number of nitrogens with zero attached hydrogens (tertiary/aromatic N) is 4. The molecular weight excluding hydrogens is 666 g/mol. The second-order valence-electron chi connectivity index (χ2n) is 12.6. The molecule has 268 valence electrons. The van der Waals surface area contributed by atoms with Crippen molar-refractivity contribution in [2.45, 2.75) is 63.3 Å². The molecule has 0 radical (unpaired) electrons. The smallest absolute Gasteiger partial charge is 0.407 e. The first-order valence-electron chi connectivity index (χ1n) is 16.4. The maximum absolute atomic E-state index is 14.5. The van der Waals surface area contributed by atoms with Crippen molar-refractivity contribution >= 4 is 24.0 Å². The second-order valence-corrected chi connectivity index (χ2v) is 12.6. The van der Waals surface area contributed by atoms with E-state index in [1.807, 2.05) is 48.5 Å². The summed E-state index contributed by atoms with van der Waals surface area (Å²) in [6.07, 6.45) is -2.04. The van der Waals surface area contributed by atoms with E-state index in [2.05, 4.69) is 30.0 Å². The highest BCUT2D eigenvalue weighted by Gasteiger charge is 2.41. The lowest BCUT2D eigenvalue weighted by Gasteiger charge is -2.26. The lowest BCUT2D eigenvalue weighted by Crippen LogP contribution is -2.47. The molecule has 2 fully saturated rings. The lowest BCUT2D eigenvalue weighted by molar-refractivity contribution is -0.140. The van der Waals surface area contributed by atoms with Crippen LogP contribution in [0.1, 0.15) is 50.4 Å². The van der Waals surface area contributed by atoms with Crippen LogP contribution in [0.15, 0.2) is 60.9 Å². The van der Waals surface area contributed by atoms with Crippen LogP contribution in [-0.2, 0) is 19.1 Å². The first-order valence-corrected chi connectivity index (χ1v) is 16.4. The van der Waals surface area contributed by atoms with E-state index in [4.69, 9.17) is 10.5 Å². The molecule has 5 N–H and O–H groups in total. The first kappa shape index (κ1) is 35.0. The number of aromatic nitrogens is 4. The molecule has 2 aliphatic heterocycles. The van der Waals surface area contributed by atoms with Crippen LogP contribution in [0, 0.1) is 0 Å². The summed E-state index contributed by atoms with van der Waals surface area (Å²) in [5.41, 5.74) is 10.0. The van der Waals surface area contributed by atoms with Gasteiger partial charge in [0.05, 0.1) is 56.1 Å². The Balaban J connectivity index is 1.11. The molecule has 2 aliphatic rings. The number of halogens is 2. The van der Waals surface area contributed by atoms with Gasteiger partial charge in [0.2, 0.25) is 5.91 Å². The number of methoxy groups -OCH3 is 1. The van der Waals surface area contributed by atoms with Crippen molar-refractivity contribution in [3.63, 3.8) is 0 Å². The standard InChI is InChI=1S/C35H38F2N8O6/c1-18(41-35(49)50-3)32(46)44-16-24(36)12-28(44)30-39-14-26(42-30)22-8-4-20(5-9-22)21-6-10-23(11-7-21)27-15-40-31(43-27)29-13-25(37)17-45(29)33(47)19(2)51-34(38)48/h4-11,14-15,18-19,24-25,28-29H,12-13,16-17H2,1-3H3,(H2,38,48)(H,39,42)(H,40,43)(H,41,49)/t18-,19-,24?,25+,28?,29-/m0/s1. The third kappa shape index (κ3) is 7.54. The maximum Gasteiger partial charge on any atom is 0.407 e. The van der Waals surface area contributed by atoms with Crippen molar-refractivity contribution in [2.24, 2.45) is 5.73 Å². The number of nitrogens with one attached hydrogen (secondary N) is 3. The van der Waals surface area contributed by atoms with E-state index in [0.29, 0.717) is 23.0 Å². The van der Waals surface area contributed by atoms with Crippen LogP contribution in [0.3, 0.4) is 0 Å². The van der Waals surface area contributed by atoms with E-state index in [0.717, 1.165) is 22.3 Å². The number of benzene rings is 2. The summed E-state index contributed by atoms with van der Waals surface area (Å²) in [6.45, 7) is 2.67. The Morgan fingerprint density at radius 2 is 1.22 bits per heavy atom. The number of rotatable bonds is 9. The third-order valence-corrected chi connectivity index (χ3v) is 9.14. The van der Waals surface area contributed by atoms with Crippen molar-refractivity contribution in [1.82, 2.24) is 35.1 Å². The van der Waals surface area contributed by atoms with E-state index < -0.39 is 60.6 Å². The van der Waals surface area contributed by atoms with Crippen LogP contribution < -0.4 is 11.1 Å². The summed E-state index contributed by atoms with van der Waals surface area (Å²) in [7, 11) is 1.20. The SMILES string of the molecule is COC(=O)N[C@@H](C)C(=O)N1CC(F)CC1c1ncc(-c2ccc(-c3ccc(-c4cnc([C@@H]5C[C@@H](F)CN5C(=O)[C@H](C)OC(N)=O)[nH]4)cc3)cc2)[nH]1. The zero-order chi connectivity index (χ0) is 36.4. The summed E-state index contributed by atoms with van der Waals surface area (Å²) >= 11 is 0. The summed E-state index contributed by atoms with van der Waals surface area (Å²) in [6, 6.07) is 13.4. The summed E-state index contributed by atoms with van der Waals surface area (Å²) in [4.78, 5) is 66.6. The van der Waals surface area contributed by atoms with E-state index >= 15 is 0 Å². The predicted octanol–water partition coefficient (Wildman–Crippen LogP) is 4.59. The van der Waals surface area contributed by atoms with Gasteiger partial charge in [-0.15, -0.1) is 0 Å². The topological polar surface area (TPSA) is 189 Å². The van der Waals surface area contributed by atoms with Crippen molar-refractivity contribution in [3.8, 4) is 33.6 Å². The van der Waals surface area contributed by atoms with Gasteiger partial charge in [-0.05, 0) is 36.1 Å². The maximum atomic E-state index is 14.5. The molecule has 6 rings (SSSR count). The molecule has 2 aromatic carbocycles. The number of likely N-dealkylation sites (tertiary alicyclic amines) is 2. The minimum absolute atomic E-state index is 0.0586. The van der Waals surface area contributed by atoms with Gasteiger partial charge in [0, 0.05) is 12.8 Å². The predicted molar refractivity (Wildman–Crippen MR) is 180 cm³/mol. The van der Waals surface area contributed by atoms with E-state index in [1.54, 1.807) is 12.4 Å². The van der Waals surface area contributed by atoms with Crippen LogP contribution in [-0.4, -0.2) is 98.4 Å². The summed E-state index contributed by atoms with van der Waals surface area (Å²) in [5, 5.41) is 2.43. The number of hydrogen-bond acceptors (Lipinski definition) is 8. The Hall–Kier alpha value is -5.80. The molecule has 4 aromatic rings. The number of H-pyrrole nitrogens is 2. The van der Waals surface area contributed by atoms with E-state index in [1.165, 1.54) is 30.8 Å². The molecule has 6 atom stereocenters. The van der Waals surface area contributed by atoms with Gasteiger partial charge in [-0.3, -0.25) is 9.59 Å². The zero-order valence-corrected chi connectivity index (χ0v) is 28.1. The minimum Gasteiger partial charge on any atom is -0.453 e. The number of alkyl carbamates (subject to hydrolysis) is 1. The molecule has 2 unspecified atom stereocenters. The number of carbonyl (C=O) groups is 4. The van der Waals surface area contributed by atoms with Gasteiger partial charge in [0.1, 0.15) is 30.0 Å². The van der Waals surface area contributed by atoms with Crippen LogP contribution >= 0.6 is 0 Å². The molecule has 14 nitrogen and oxygen atoms in total. The Morgan fingerprint density at radius 3 is 1.65 bits per heavy atom. The number of ether oxygens (including phenoxy) is 2. The molecule has 4 heterocycles. The number of alkyl halides is 2. The molecule has 2 aromatic heterocycles. The van der Waals surface area contributed by atoms with Gasteiger partial charge in [0.15, 0.2) is 6.10 Å². The fourth-order valence-corrected chi connectivity index (χ4v) is 6.57. The van der Waals surface area contributed by atoms with Gasteiger partial charge in [-0.2, -0.15) is 0 Å². The van der Waals surface area contributed by atoms with E-state index in [-0.39, 0.29) is 25.9 Å². The highest BCUT2D eigenvalue weighted by Crippen LogP contribution is 2.36. The number of primary amides is 1. The van der Waals surface area contributed by atoms with Crippen molar-refractivity contribution in [1.29, 1.82) is 0 Å². The Labute approximate surface area is 291 Å². The molecule has 0 spiro atoms. The van der Waals surface area contributed by atoms with Crippen LogP contribution in [0.25, 0.3) is 33.6 Å². The van der Waals surface area contributed by atoms with Crippen molar-refractivity contribution in [3.05, 3.63) is 72.6 Å². The normalized spacial score (nSPS) is 21.3. The highest BCUT2D eigenvalue weighted by molar-refractivity contribution is 5.86. The monoisotopic (exact) mass is 704 g/mol. The fourth-order valence-electron chi connectivity index (χ4n) is 6.57. The molecular formula is C35H38F2N8O6.